The van der Waals surface area contributed by atoms with Gasteiger partial charge in [-0.2, -0.15) is 0 Å². The maximum Gasteiger partial charge on any atom is 0.131 e. The molecule has 17 heavy (non-hydrogen) atoms. The number of aromatic nitrogens is 2. The molecule has 0 aliphatic rings. The number of nitrogens with one attached hydrogen (secondary N) is 2. The molecule has 1 heterocycles. The van der Waals surface area contributed by atoms with Gasteiger partial charge in [-0.25, -0.2) is 9.97 Å². The zero-order chi connectivity index (χ0) is 12.9. The van der Waals surface area contributed by atoms with Crippen LogP contribution in [0.5, 0.6) is 0 Å². The van der Waals surface area contributed by atoms with Gasteiger partial charge in [0.2, 0.25) is 0 Å². The van der Waals surface area contributed by atoms with E-state index < -0.39 is 5.60 Å². The van der Waals surface area contributed by atoms with Gasteiger partial charge < -0.3 is 15.7 Å². The second-order valence-corrected chi connectivity index (χ2v) is 4.42. The molecule has 0 saturated heterocycles. The lowest BCUT2D eigenvalue weighted by Crippen LogP contribution is -2.32. The summed E-state index contributed by atoms with van der Waals surface area (Å²) in [6, 6.07) is 1.85. The minimum Gasteiger partial charge on any atom is -0.388 e. The lowest BCUT2D eigenvalue weighted by molar-refractivity contribution is 0.0696. The van der Waals surface area contributed by atoms with Crippen LogP contribution in [0.25, 0.3) is 0 Å². The standard InChI is InChI=1S/C12H22N4O/c1-5-12(4,17)8-14-11-7-10(13-6-2)15-9(3)16-11/h7,17H,5-6,8H2,1-4H3,(H2,13,14,15,16). The Balaban J connectivity index is 2.70. The van der Waals surface area contributed by atoms with E-state index in [0.29, 0.717) is 18.8 Å². The van der Waals surface area contributed by atoms with Crippen LogP contribution in [0.2, 0.25) is 0 Å². The van der Waals surface area contributed by atoms with Crippen molar-refractivity contribution in [3.8, 4) is 0 Å². The Morgan fingerprint density at radius 2 is 1.82 bits per heavy atom. The molecule has 0 aliphatic carbocycles. The molecule has 0 aromatic carbocycles. The average molecular weight is 238 g/mol. The molecule has 96 valence electrons. The Kier molecular flexibility index (Phi) is 4.69. The van der Waals surface area contributed by atoms with E-state index in [-0.39, 0.29) is 0 Å². The topological polar surface area (TPSA) is 70.1 Å². The van der Waals surface area contributed by atoms with Crippen LogP contribution in [0.3, 0.4) is 0 Å². The van der Waals surface area contributed by atoms with Crippen LogP contribution in [-0.2, 0) is 0 Å². The molecular formula is C12H22N4O. The van der Waals surface area contributed by atoms with Gasteiger partial charge in [0.15, 0.2) is 0 Å². The summed E-state index contributed by atoms with van der Waals surface area (Å²) in [6.07, 6.45) is 0.699. The molecule has 0 saturated carbocycles. The largest absolute Gasteiger partial charge is 0.388 e. The fourth-order valence-electron chi connectivity index (χ4n) is 1.34. The number of nitrogens with zero attached hydrogens (tertiary/aromatic N) is 2. The van der Waals surface area contributed by atoms with Crippen LogP contribution in [0.1, 0.15) is 33.0 Å². The number of hydrogen-bond donors (Lipinski definition) is 3. The molecule has 1 unspecified atom stereocenters. The van der Waals surface area contributed by atoms with Gasteiger partial charge in [-0.05, 0) is 27.2 Å². The number of anilines is 2. The Morgan fingerprint density at radius 1 is 1.24 bits per heavy atom. The highest BCUT2D eigenvalue weighted by molar-refractivity contribution is 5.47. The van der Waals surface area contributed by atoms with Gasteiger partial charge in [0.25, 0.3) is 0 Å². The zero-order valence-electron chi connectivity index (χ0n) is 11.0. The van der Waals surface area contributed by atoms with Crippen molar-refractivity contribution in [3.63, 3.8) is 0 Å². The lowest BCUT2D eigenvalue weighted by Gasteiger charge is -2.22. The van der Waals surface area contributed by atoms with Crippen LogP contribution in [0.15, 0.2) is 6.07 Å². The molecule has 0 aliphatic heterocycles. The Labute approximate surface area is 103 Å². The average Bonchev–Trinajstić information content (AvgIpc) is 2.26. The molecule has 1 rings (SSSR count). The summed E-state index contributed by atoms with van der Waals surface area (Å²) >= 11 is 0. The summed E-state index contributed by atoms with van der Waals surface area (Å²) in [5.74, 6) is 2.25. The van der Waals surface area contributed by atoms with E-state index >= 15 is 0 Å². The first-order chi connectivity index (χ1) is 7.96. The Bertz CT molecular complexity index is 366. The quantitative estimate of drug-likeness (QED) is 0.705. The predicted molar refractivity (Wildman–Crippen MR) is 70.3 cm³/mol. The summed E-state index contributed by atoms with van der Waals surface area (Å²) in [5, 5.41) is 16.2. The van der Waals surface area contributed by atoms with Crippen molar-refractivity contribution < 1.29 is 5.11 Å². The highest BCUT2D eigenvalue weighted by Gasteiger charge is 2.17. The maximum atomic E-state index is 9.90. The lowest BCUT2D eigenvalue weighted by atomic mass is 10.0. The van der Waals surface area contributed by atoms with E-state index in [4.69, 9.17) is 0 Å². The molecular weight excluding hydrogens is 216 g/mol. The third-order valence-electron chi connectivity index (χ3n) is 2.61. The third-order valence-corrected chi connectivity index (χ3v) is 2.61. The summed E-state index contributed by atoms with van der Waals surface area (Å²) in [6.45, 7) is 8.93. The highest BCUT2D eigenvalue weighted by Crippen LogP contribution is 2.14. The van der Waals surface area contributed by atoms with Gasteiger partial charge in [-0.3, -0.25) is 0 Å². The smallest absolute Gasteiger partial charge is 0.131 e. The van der Waals surface area contributed by atoms with Crippen LogP contribution in [-0.4, -0.2) is 33.8 Å². The monoisotopic (exact) mass is 238 g/mol. The highest BCUT2D eigenvalue weighted by atomic mass is 16.3. The van der Waals surface area contributed by atoms with Gasteiger partial charge in [-0.1, -0.05) is 6.92 Å². The van der Waals surface area contributed by atoms with E-state index in [0.717, 1.165) is 18.2 Å². The number of aryl methyl sites for hydroxylation is 1. The van der Waals surface area contributed by atoms with Crippen LogP contribution in [0.4, 0.5) is 11.6 Å². The van der Waals surface area contributed by atoms with Gasteiger partial charge in [0.05, 0.1) is 5.60 Å². The SMILES string of the molecule is CCNc1cc(NCC(C)(O)CC)nc(C)n1. The molecule has 0 fully saturated rings. The van der Waals surface area contributed by atoms with Crippen LogP contribution >= 0.6 is 0 Å². The van der Waals surface area contributed by atoms with E-state index in [2.05, 4.69) is 20.6 Å². The van der Waals surface area contributed by atoms with E-state index in [1.54, 1.807) is 6.92 Å². The molecule has 1 aromatic rings. The predicted octanol–water partition coefficient (Wildman–Crippen LogP) is 1.79. The molecule has 1 aromatic heterocycles. The van der Waals surface area contributed by atoms with Crippen molar-refractivity contribution in [3.05, 3.63) is 11.9 Å². The third kappa shape index (κ3) is 4.56. The van der Waals surface area contributed by atoms with Crippen molar-refractivity contribution in [1.29, 1.82) is 0 Å². The molecule has 0 bridgehead atoms. The first-order valence-electron chi connectivity index (χ1n) is 6.02. The van der Waals surface area contributed by atoms with Crippen molar-refractivity contribution >= 4 is 11.6 Å². The van der Waals surface area contributed by atoms with Gasteiger partial charge in [-0.15, -0.1) is 0 Å². The molecule has 0 radical (unpaired) electrons. The Hall–Kier alpha value is -1.36. The first-order valence-corrected chi connectivity index (χ1v) is 6.02. The van der Waals surface area contributed by atoms with E-state index in [9.17, 15) is 5.11 Å². The van der Waals surface area contributed by atoms with Crippen LogP contribution < -0.4 is 10.6 Å². The number of aliphatic hydroxyl groups is 1. The van der Waals surface area contributed by atoms with E-state index in [1.165, 1.54) is 0 Å². The summed E-state index contributed by atoms with van der Waals surface area (Å²) in [5.41, 5.74) is -0.711. The van der Waals surface area contributed by atoms with Gasteiger partial charge in [0.1, 0.15) is 17.5 Å². The van der Waals surface area contributed by atoms with Crippen molar-refractivity contribution in [2.45, 2.75) is 39.7 Å². The fraction of sp³-hybridized carbons (Fsp3) is 0.667. The minimum absolute atomic E-state index is 0.478. The number of rotatable bonds is 6. The maximum absolute atomic E-state index is 9.90. The molecule has 0 spiro atoms. The van der Waals surface area contributed by atoms with Crippen molar-refractivity contribution in [2.24, 2.45) is 0 Å². The summed E-state index contributed by atoms with van der Waals surface area (Å²) in [7, 11) is 0. The van der Waals surface area contributed by atoms with Crippen LogP contribution in [0, 0.1) is 6.92 Å². The molecule has 3 N–H and O–H groups in total. The molecule has 1 atom stereocenters. The summed E-state index contributed by atoms with van der Waals surface area (Å²) < 4.78 is 0. The Morgan fingerprint density at radius 3 is 2.35 bits per heavy atom. The molecule has 0 amide bonds. The minimum atomic E-state index is -0.711. The van der Waals surface area contributed by atoms with Crippen molar-refractivity contribution in [1.82, 2.24) is 9.97 Å². The van der Waals surface area contributed by atoms with Gasteiger partial charge in [0, 0.05) is 19.2 Å². The second kappa shape index (κ2) is 5.82. The number of hydrogen-bond acceptors (Lipinski definition) is 5. The van der Waals surface area contributed by atoms with Gasteiger partial charge >= 0.3 is 0 Å². The van der Waals surface area contributed by atoms with Crippen molar-refractivity contribution in [2.75, 3.05) is 23.7 Å². The molecule has 5 heteroatoms. The second-order valence-electron chi connectivity index (χ2n) is 4.42. The summed E-state index contributed by atoms with van der Waals surface area (Å²) in [4.78, 5) is 8.54. The normalized spacial score (nSPS) is 14.2. The fourth-order valence-corrected chi connectivity index (χ4v) is 1.34. The zero-order valence-corrected chi connectivity index (χ0v) is 11.0. The first kappa shape index (κ1) is 13.7. The molecule has 5 nitrogen and oxygen atoms in total. The van der Waals surface area contributed by atoms with E-state index in [1.807, 2.05) is 26.8 Å².